The topological polar surface area (TPSA) is 45.2 Å². The molecule has 1 aliphatic rings. The average Bonchev–Trinajstić information content (AvgIpc) is 2.55. The number of hydrogen-bond donors (Lipinski definition) is 2. The zero-order valence-electron chi connectivity index (χ0n) is 9.29. The predicted octanol–water partition coefficient (Wildman–Crippen LogP) is 1.80. The van der Waals surface area contributed by atoms with Gasteiger partial charge in [-0.3, -0.25) is 0 Å². The monoisotopic (exact) mass is 226 g/mol. The lowest BCUT2D eigenvalue weighted by molar-refractivity contribution is 0.184. The maximum absolute atomic E-state index is 9.26. The fourth-order valence-corrected chi connectivity index (χ4v) is 3.13. The lowest BCUT2D eigenvalue weighted by atomic mass is 9.98. The molecule has 4 heteroatoms. The molecule has 2 atom stereocenters. The molecule has 0 fully saturated rings. The summed E-state index contributed by atoms with van der Waals surface area (Å²) < 4.78 is 0. The molecule has 0 saturated carbocycles. The van der Waals surface area contributed by atoms with Crippen molar-refractivity contribution in [2.75, 3.05) is 6.54 Å². The molecule has 1 heterocycles. The van der Waals surface area contributed by atoms with Crippen molar-refractivity contribution in [1.82, 2.24) is 10.3 Å². The number of aliphatic hydroxyl groups is 1. The molecule has 0 aromatic carbocycles. The first kappa shape index (κ1) is 11.0. The fraction of sp³-hybridized carbons (Fsp3) is 0.727. The highest BCUT2D eigenvalue weighted by Gasteiger charge is 2.23. The van der Waals surface area contributed by atoms with Crippen LogP contribution in [0.3, 0.4) is 0 Å². The van der Waals surface area contributed by atoms with Crippen LogP contribution in [0.2, 0.25) is 0 Å². The maximum Gasteiger partial charge on any atom is 0.0900 e. The van der Waals surface area contributed by atoms with Crippen LogP contribution in [-0.4, -0.2) is 22.7 Å². The molecule has 3 nitrogen and oxygen atoms in total. The normalized spacial score (nSPS) is 22.5. The van der Waals surface area contributed by atoms with Gasteiger partial charge in [-0.1, -0.05) is 0 Å². The van der Waals surface area contributed by atoms with Crippen molar-refractivity contribution >= 4 is 11.3 Å². The van der Waals surface area contributed by atoms with Crippen molar-refractivity contribution in [2.24, 2.45) is 0 Å². The molecule has 15 heavy (non-hydrogen) atoms. The molecule has 2 rings (SSSR count). The van der Waals surface area contributed by atoms with E-state index in [0.29, 0.717) is 12.6 Å². The molecule has 0 radical (unpaired) electrons. The molecule has 1 aliphatic carbocycles. The van der Waals surface area contributed by atoms with E-state index in [1.54, 1.807) is 11.3 Å². The standard InChI is InChI=1S/C11H18N2OS/c1-7(14)6-12-9-4-3-5-10-11(9)15-8(2)13-10/h7,9,12,14H,3-6H2,1-2H3/t7-,9?/m1/s1. The van der Waals surface area contributed by atoms with E-state index in [9.17, 15) is 5.11 Å². The Labute approximate surface area is 94.5 Å². The minimum Gasteiger partial charge on any atom is -0.392 e. The number of aryl methyl sites for hydroxylation is 2. The van der Waals surface area contributed by atoms with Crippen molar-refractivity contribution < 1.29 is 5.11 Å². The molecule has 1 aromatic heterocycles. The highest BCUT2D eigenvalue weighted by molar-refractivity contribution is 7.11. The van der Waals surface area contributed by atoms with Crippen molar-refractivity contribution in [3.05, 3.63) is 15.6 Å². The van der Waals surface area contributed by atoms with Gasteiger partial charge in [-0.25, -0.2) is 4.98 Å². The van der Waals surface area contributed by atoms with Gasteiger partial charge < -0.3 is 10.4 Å². The SMILES string of the molecule is Cc1nc2c(s1)C(NC[C@@H](C)O)CCC2. The van der Waals surface area contributed by atoms with Gasteiger partial charge in [0.05, 0.1) is 16.8 Å². The van der Waals surface area contributed by atoms with E-state index in [1.807, 2.05) is 6.92 Å². The molecule has 84 valence electrons. The van der Waals surface area contributed by atoms with Crippen LogP contribution in [0, 0.1) is 6.92 Å². The molecular weight excluding hydrogens is 208 g/mol. The minimum atomic E-state index is -0.274. The van der Waals surface area contributed by atoms with Gasteiger partial charge in [-0.05, 0) is 33.1 Å². The van der Waals surface area contributed by atoms with E-state index >= 15 is 0 Å². The summed E-state index contributed by atoms with van der Waals surface area (Å²) in [6.45, 7) is 4.55. The second-order valence-electron chi connectivity index (χ2n) is 4.25. The van der Waals surface area contributed by atoms with Gasteiger partial charge in [0.25, 0.3) is 0 Å². The van der Waals surface area contributed by atoms with Crippen molar-refractivity contribution in [3.8, 4) is 0 Å². The first-order chi connectivity index (χ1) is 7.16. The molecule has 2 N–H and O–H groups in total. The van der Waals surface area contributed by atoms with Crippen molar-refractivity contribution in [2.45, 2.75) is 45.3 Å². The highest BCUT2D eigenvalue weighted by Crippen LogP contribution is 2.33. The van der Waals surface area contributed by atoms with Crippen LogP contribution < -0.4 is 5.32 Å². The average molecular weight is 226 g/mol. The summed E-state index contributed by atoms with van der Waals surface area (Å²) in [6.07, 6.45) is 3.21. The third kappa shape index (κ3) is 2.56. The number of nitrogens with one attached hydrogen (secondary N) is 1. The number of nitrogens with zero attached hydrogens (tertiary/aromatic N) is 1. The summed E-state index contributed by atoms with van der Waals surface area (Å²) in [5.74, 6) is 0. The minimum absolute atomic E-state index is 0.274. The van der Waals surface area contributed by atoms with Crippen LogP contribution in [0.25, 0.3) is 0 Å². The van der Waals surface area contributed by atoms with Crippen LogP contribution in [0.1, 0.15) is 41.4 Å². The lowest BCUT2D eigenvalue weighted by Crippen LogP contribution is -2.30. The van der Waals surface area contributed by atoms with Gasteiger partial charge in [-0.15, -0.1) is 11.3 Å². The maximum atomic E-state index is 9.26. The smallest absolute Gasteiger partial charge is 0.0900 e. The highest BCUT2D eigenvalue weighted by atomic mass is 32.1. The van der Waals surface area contributed by atoms with E-state index in [0.717, 1.165) is 11.4 Å². The Morgan fingerprint density at radius 2 is 2.47 bits per heavy atom. The predicted molar refractivity (Wildman–Crippen MR) is 62.2 cm³/mol. The van der Waals surface area contributed by atoms with Crippen LogP contribution in [0.15, 0.2) is 0 Å². The summed E-state index contributed by atoms with van der Waals surface area (Å²) in [5.41, 5.74) is 1.27. The van der Waals surface area contributed by atoms with Crippen LogP contribution >= 0.6 is 11.3 Å². The molecule has 0 bridgehead atoms. The third-order valence-electron chi connectivity index (χ3n) is 2.72. The Morgan fingerprint density at radius 3 is 3.20 bits per heavy atom. The van der Waals surface area contributed by atoms with E-state index in [2.05, 4.69) is 17.2 Å². The summed E-state index contributed by atoms with van der Waals surface area (Å²) in [7, 11) is 0. The number of fused-ring (bicyclic) bond motifs is 1. The largest absolute Gasteiger partial charge is 0.392 e. The molecule has 1 aromatic rings. The summed E-state index contributed by atoms with van der Waals surface area (Å²) in [4.78, 5) is 5.93. The third-order valence-corrected chi connectivity index (χ3v) is 3.84. The summed E-state index contributed by atoms with van der Waals surface area (Å²) in [6, 6.07) is 0.412. The lowest BCUT2D eigenvalue weighted by Gasteiger charge is -2.23. The van der Waals surface area contributed by atoms with E-state index in [1.165, 1.54) is 23.4 Å². The zero-order valence-corrected chi connectivity index (χ0v) is 10.1. The second-order valence-corrected chi connectivity index (χ2v) is 5.48. The summed E-state index contributed by atoms with van der Waals surface area (Å²) >= 11 is 1.79. The number of aromatic nitrogens is 1. The quantitative estimate of drug-likeness (QED) is 0.826. The second kappa shape index (κ2) is 4.60. The molecule has 0 amide bonds. The van der Waals surface area contributed by atoms with Crippen LogP contribution in [0.4, 0.5) is 0 Å². The Bertz CT molecular complexity index is 335. The number of rotatable bonds is 3. The number of hydrogen-bond acceptors (Lipinski definition) is 4. The van der Waals surface area contributed by atoms with Gasteiger partial charge >= 0.3 is 0 Å². The van der Waals surface area contributed by atoms with Gasteiger partial charge in [0.15, 0.2) is 0 Å². The Hall–Kier alpha value is -0.450. The number of thiazole rings is 1. The van der Waals surface area contributed by atoms with Gasteiger partial charge in [0.2, 0.25) is 0 Å². The molecule has 0 aliphatic heterocycles. The van der Waals surface area contributed by atoms with E-state index in [-0.39, 0.29) is 6.10 Å². The Balaban J connectivity index is 2.08. The van der Waals surface area contributed by atoms with Gasteiger partial charge in [-0.2, -0.15) is 0 Å². The van der Waals surface area contributed by atoms with E-state index in [4.69, 9.17) is 0 Å². The first-order valence-corrected chi connectivity index (χ1v) is 6.36. The molecule has 0 saturated heterocycles. The molecule has 0 spiro atoms. The van der Waals surface area contributed by atoms with Crippen LogP contribution in [0.5, 0.6) is 0 Å². The van der Waals surface area contributed by atoms with Crippen molar-refractivity contribution in [1.29, 1.82) is 0 Å². The van der Waals surface area contributed by atoms with Crippen LogP contribution in [-0.2, 0) is 6.42 Å². The molecule has 1 unspecified atom stereocenters. The fourth-order valence-electron chi connectivity index (χ4n) is 2.05. The zero-order chi connectivity index (χ0) is 10.8. The number of aliphatic hydroxyl groups excluding tert-OH is 1. The van der Waals surface area contributed by atoms with E-state index < -0.39 is 0 Å². The van der Waals surface area contributed by atoms with Crippen molar-refractivity contribution in [3.63, 3.8) is 0 Å². The summed E-state index contributed by atoms with van der Waals surface area (Å²) in [5, 5.41) is 13.8. The van der Waals surface area contributed by atoms with Gasteiger partial charge in [0, 0.05) is 17.5 Å². The Kier molecular flexibility index (Phi) is 3.38. The molecular formula is C11H18N2OS. The van der Waals surface area contributed by atoms with Gasteiger partial charge in [0.1, 0.15) is 0 Å². The first-order valence-electron chi connectivity index (χ1n) is 5.54. The Morgan fingerprint density at radius 1 is 1.67 bits per heavy atom.